The van der Waals surface area contributed by atoms with Crippen LogP contribution in [0.4, 0.5) is 0 Å². The molecule has 0 fully saturated rings. The lowest BCUT2D eigenvalue weighted by atomic mass is 9.96. The van der Waals surface area contributed by atoms with E-state index in [9.17, 15) is 0 Å². The van der Waals surface area contributed by atoms with Crippen molar-refractivity contribution in [2.75, 3.05) is 7.11 Å². The molecule has 2 unspecified atom stereocenters. The molecule has 0 N–H and O–H groups in total. The van der Waals surface area contributed by atoms with Gasteiger partial charge < -0.3 is 4.74 Å². The van der Waals surface area contributed by atoms with Crippen LogP contribution in [0.25, 0.3) is 0 Å². The van der Waals surface area contributed by atoms with Gasteiger partial charge in [-0.15, -0.1) is 0 Å². The summed E-state index contributed by atoms with van der Waals surface area (Å²) >= 11 is 7.33. The molecular formula is C18H20Br2O. The maximum atomic E-state index is 5.28. The van der Waals surface area contributed by atoms with Crippen LogP contribution in [0.2, 0.25) is 0 Å². The molecule has 0 radical (unpaired) electrons. The summed E-state index contributed by atoms with van der Waals surface area (Å²) in [5.41, 5.74) is 3.87. The van der Waals surface area contributed by atoms with E-state index in [1.54, 1.807) is 7.11 Å². The predicted molar refractivity (Wildman–Crippen MR) is 96.6 cm³/mol. The number of hydrogen-bond donors (Lipinski definition) is 0. The normalized spacial score (nSPS) is 13.8. The summed E-state index contributed by atoms with van der Waals surface area (Å²) in [6.07, 6.45) is 1.17. The molecule has 0 saturated heterocycles. The standard InChI is InChI=1S/C18H20Br2O/c1-4-12(2)13-5-7-14(8-6-13)18(20)15-9-10-17(21-3)16(19)11-15/h5-12,18H,4H2,1-3H3. The van der Waals surface area contributed by atoms with Gasteiger partial charge in [0.05, 0.1) is 16.4 Å². The monoisotopic (exact) mass is 410 g/mol. The Kier molecular flexibility index (Phi) is 5.88. The smallest absolute Gasteiger partial charge is 0.133 e. The van der Waals surface area contributed by atoms with Gasteiger partial charge in [0.1, 0.15) is 5.75 Å². The van der Waals surface area contributed by atoms with Crippen molar-refractivity contribution >= 4 is 31.9 Å². The van der Waals surface area contributed by atoms with Crippen molar-refractivity contribution in [3.63, 3.8) is 0 Å². The third kappa shape index (κ3) is 3.89. The van der Waals surface area contributed by atoms with E-state index in [4.69, 9.17) is 4.74 Å². The minimum atomic E-state index is 0.186. The molecule has 0 aliphatic heterocycles. The van der Waals surface area contributed by atoms with E-state index >= 15 is 0 Å². The fraction of sp³-hybridized carbons (Fsp3) is 0.333. The first-order valence-corrected chi connectivity index (χ1v) is 8.85. The SMILES string of the molecule is CCC(C)c1ccc(C(Br)c2ccc(OC)c(Br)c2)cc1. The zero-order chi connectivity index (χ0) is 15.4. The van der Waals surface area contributed by atoms with Gasteiger partial charge >= 0.3 is 0 Å². The number of halogens is 2. The van der Waals surface area contributed by atoms with Gasteiger partial charge in [-0.25, -0.2) is 0 Å². The van der Waals surface area contributed by atoms with Crippen molar-refractivity contribution in [1.29, 1.82) is 0 Å². The van der Waals surface area contributed by atoms with Gasteiger partial charge in [0.25, 0.3) is 0 Å². The van der Waals surface area contributed by atoms with Gasteiger partial charge in [0.15, 0.2) is 0 Å². The van der Waals surface area contributed by atoms with Crippen molar-refractivity contribution in [3.05, 3.63) is 63.6 Å². The summed E-state index contributed by atoms with van der Waals surface area (Å²) in [4.78, 5) is 0.186. The van der Waals surface area contributed by atoms with Crippen molar-refractivity contribution in [2.24, 2.45) is 0 Å². The molecule has 0 aliphatic rings. The first kappa shape index (κ1) is 16.6. The highest BCUT2D eigenvalue weighted by molar-refractivity contribution is 9.10. The van der Waals surface area contributed by atoms with Gasteiger partial charge in [-0.3, -0.25) is 0 Å². The first-order chi connectivity index (χ1) is 10.1. The van der Waals surface area contributed by atoms with Crippen molar-refractivity contribution in [1.82, 2.24) is 0 Å². The van der Waals surface area contributed by atoms with E-state index in [1.807, 2.05) is 6.07 Å². The topological polar surface area (TPSA) is 9.23 Å². The number of rotatable bonds is 5. The molecule has 2 atom stereocenters. The minimum absolute atomic E-state index is 0.186. The van der Waals surface area contributed by atoms with Crippen LogP contribution >= 0.6 is 31.9 Å². The molecule has 2 aromatic carbocycles. The van der Waals surface area contributed by atoms with Crippen LogP contribution in [0.1, 0.15) is 47.7 Å². The van der Waals surface area contributed by atoms with Gasteiger partial charge in [-0.05, 0) is 57.1 Å². The highest BCUT2D eigenvalue weighted by Gasteiger charge is 2.13. The van der Waals surface area contributed by atoms with Crippen LogP contribution in [0, 0.1) is 0 Å². The van der Waals surface area contributed by atoms with Crippen LogP contribution in [0.15, 0.2) is 46.9 Å². The average Bonchev–Trinajstić information content (AvgIpc) is 2.53. The molecule has 2 rings (SSSR count). The molecule has 0 heterocycles. The van der Waals surface area contributed by atoms with E-state index < -0.39 is 0 Å². The Labute approximate surface area is 144 Å². The highest BCUT2D eigenvalue weighted by atomic mass is 79.9. The fourth-order valence-electron chi connectivity index (χ4n) is 2.26. The van der Waals surface area contributed by atoms with Gasteiger partial charge in [-0.1, -0.05) is 60.1 Å². The van der Waals surface area contributed by atoms with Crippen molar-refractivity contribution < 1.29 is 4.74 Å². The van der Waals surface area contributed by atoms with Gasteiger partial charge in [0, 0.05) is 0 Å². The summed E-state index contributed by atoms with van der Waals surface area (Å²) in [5.74, 6) is 1.47. The number of alkyl halides is 1. The lowest BCUT2D eigenvalue weighted by Crippen LogP contribution is -1.96. The maximum absolute atomic E-state index is 5.28. The van der Waals surface area contributed by atoms with Gasteiger partial charge in [0.2, 0.25) is 0 Å². The van der Waals surface area contributed by atoms with E-state index in [0.29, 0.717) is 5.92 Å². The lowest BCUT2D eigenvalue weighted by molar-refractivity contribution is 0.412. The van der Waals surface area contributed by atoms with E-state index in [1.165, 1.54) is 23.1 Å². The van der Waals surface area contributed by atoms with E-state index in [0.717, 1.165) is 10.2 Å². The average molecular weight is 412 g/mol. The molecule has 2 aromatic rings. The molecule has 1 nitrogen and oxygen atoms in total. The third-order valence-corrected chi connectivity index (χ3v) is 5.56. The molecule has 3 heteroatoms. The first-order valence-electron chi connectivity index (χ1n) is 7.14. The van der Waals surface area contributed by atoms with Crippen LogP contribution in [0.3, 0.4) is 0 Å². The zero-order valence-electron chi connectivity index (χ0n) is 12.6. The number of benzene rings is 2. The molecule has 0 aromatic heterocycles. The fourth-order valence-corrected chi connectivity index (χ4v) is 3.41. The molecule has 0 spiro atoms. The second-order valence-corrected chi connectivity index (χ2v) is 7.00. The van der Waals surface area contributed by atoms with Gasteiger partial charge in [-0.2, -0.15) is 0 Å². The summed E-state index contributed by atoms with van der Waals surface area (Å²) in [7, 11) is 1.68. The quantitative estimate of drug-likeness (QED) is 0.513. The Morgan fingerprint density at radius 3 is 2.10 bits per heavy atom. The zero-order valence-corrected chi connectivity index (χ0v) is 15.7. The third-order valence-electron chi connectivity index (χ3n) is 3.88. The summed E-state index contributed by atoms with van der Waals surface area (Å²) < 4.78 is 6.25. The second-order valence-electron chi connectivity index (χ2n) is 5.23. The van der Waals surface area contributed by atoms with Crippen LogP contribution in [0.5, 0.6) is 5.75 Å². The molecular weight excluding hydrogens is 392 g/mol. The second kappa shape index (κ2) is 7.46. The minimum Gasteiger partial charge on any atom is -0.496 e. The molecule has 0 bridgehead atoms. The Balaban J connectivity index is 2.23. The number of methoxy groups -OCH3 is 1. The predicted octanol–water partition coefficient (Wildman–Crippen LogP) is 6.46. The van der Waals surface area contributed by atoms with Crippen molar-refractivity contribution in [2.45, 2.75) is 31.0 Å². The number of hydrogen-bond acceptors (Lipinski definition) is 1. The Morgan fingerprint density at radius 2 is 1.57 bits per heavy atom. The van der Waals surface area contributed by atoms with Crippen LogP contribution in [-0.2, 0) is 0 Å². The summed E-state index contributed by atoms with van der Waals surface area (Å²) in [6.45, 7) is 4.49. The van der Waals surface area contributed by atoms with E-state index in [-0.39, 0.29) is 4.83 Å². The highest BCUT2D eigenvalue weighted by Crippen LogP contribution is 2.35. The molecule has 0 saturated carbocycles. The Hall–Kier alpha value is -0.800. The maximum Gasteiger partial charge on any atom is 0.133 e. The van der Waals surface area contributed by atoms with Crippen LogP contribution < -0.4 is 4.74 Å². The molecule has 21 heavy (non-hydrogen) atoms. The molecule has 0 aliphatic carbocycles. The van der Waals surface area contributed by atoms with Crippen molar-refractivity contribution in [3.8, 4) is 5.75 Å². The van der Waals surface area contributed by atoms with Crippen LogP contribution in [-0.4, -0.2) is 7.11 Å². The summed E-state index contributed by atoms with van der Waals surface area (Å²) in [6, 6.07) is 15.1. The van der Waals surface area contributed by atoms with E-state index in [2.05, 4.69) is 82.1 Å². The summed E-state index contributed by atoms with van der Waals surface area (Å²) in [5, 5.41) is 0. The Bertz CT molecular complexity index is 593. The Morgan fingerprint density at radius 1 is 1.00 bits per heavy atom. The number of ether oxygens (including phenoxy) is 1. The largest absolute Gasteiger partial charge is 0.496 e. The molecule has 0 amide bonds. The molecule has 112 valence electrons. The lowest BCUT2D eigenvalue weighted by Gasteiger charge is -2.15.